The fourth-order valence-electron chi connectivity index (χ4n) is 4.38. The third-order valence-electron chi connectivity index (χ3n) is 6.45. The van der Waals surface area contributed by atoms with Gasteiger partial charge in [0, 0.05) is 69.0 Å². The number of carbonyl (C=O) groups is 2. The van der Waals surface area contributed by atoms with Crippen LogP contribution in [0.25, 0.3) is 0 Å². The summed E-state index contributed by atoms with van der Waals surface area (Å²) in [4.78, 5) is 37.9. The van der Waals surface area contributed by atoms with Crippen molar-refractivity contribution in [1.82, 2.24) is 9.29 Å². The van der Waals surface area contributed by atoms with Gasteiger partial charge < -0.3 is 30.2 Å². The molecule has 0 aliphatic carbocycles. The molecule has 0 bridgehead atoms. The maximum atomic E-state index is 14.5. The average Bonchev–Trinajstić information content (AvgIpc) is 3.37. The Bertz CT molecular complexity index is 1470. The molecule has 3 aromatic rings. The van der Waals surface area contributed by atoms with E-state index in [1.165, 1.54) is 65.3 Å². The Balaban J connectivity index is 0.000000317. The minimum atomic E-state index is -2.85. The zero-order chi connectivity index (χ0) is 32.4. The van der Waals surface area contributed by atoms with Crippen molar-refractivity contribution in [1.29, 1.82) is 0 Å². The van der Waals surface area contributed by atoms with E-state index in [1.807, 2.05) is 0 Å². The average molecular weight is 641 g/mol. The first-order valence-electron chi connectivity index (χ1n) is 13.2. The van der Waals surface area contributed by atoms with Gasteiger partial charge in [-0.2, -0.15) is 8.78 Å². The monoisotopic (exact) mass is 640 g/mol. The third-order valence-corrected chi connectivity index (χ3v) is 7.60. The number of methoxy groups -OCH3 is 2. The lowest BCUT2D eigenvalue weighted by Crippen LogP contribution is -2.33. The highest BCUT2D eigenvalue weighted by molar-refractivity contribution is 7.98. The number of hydrogen-bond donors (Lipinski definition) is 2. The lowest BCUT2D eigenvalue weighted by molar-refractivity contribution is -0.117. The minimum absolute atomic E-state index is 0.00130. The van der Waals surface area contributed by atoms with Crippen LogP contribution in [-0.4, -0.2) is 68.6 Å². The number of pyridine rings is 1. The topological polar surface area (TPSA) is 125 Å². The van der Waals surface area contributed by atoms with Crippen molar-refractivity contribution in [3.05, 3.63) is 87.8 Å². The van der Waals surface area contributed by atoms with Crippen molar-refractivity contribution in [2.24, 2.45) is 5.73 Å². The van der Waals surface area contributed by atoms with E-state index in [0.717, 1.165) is 12.1 Å². The molecule has 2 amide bonds. The second kappa shape index (κ2) is 16.1. The highest BCUT2D eigenvalue weighted by Gasteiger charge is 2.36. The Morgan fingerprint density at radius 2 is 1.75 bits per heavy atom. The van der Waals surface area contributed by atoms with Gasteiger partial charge in [0.05, 0.1) is 19.0 Å². The SMILES string of the molecule is CNC(=O)c1ccc(OC(F)F)cc1.COCC(CN)Sn1cccc(N2CC(c3c(F)cc(OC)cc3F)CC2=O)c1=O. The molecule has 10 nitrogen and oxygen atoms in total. The number of anilines is 1. The summed E-state index contributed by atoms with van der Waals surface area (Å²) in [5.41, 5.74) is 5.68. The quantitative estimate of drug-likeness (QED) is 0.304. The molecule has 1 saturated heterocycles. The Labute approximate surface area is 255 Å². The van der Waals surface area contributed by atoms with Crippen LogP contribution in [0.1, 0.15) is 28.3 Å². The summed E-state index contributed by atoms with van der Waals surface area (Å²) in [7, 11) is 4.35. The summed E-state index contributed by atoms with van der Waals surface area (Å²) in [5.74, 6) is -2.82. The molecule has 238 valence electrons. The smallest absolute Gasteiger partial charge is 0.387 e. The van der Waals surface area contributed by atoms with E-state index in [-0.39, 0.29) is 52.8 Å². The van der Waals surface area contributed by atoms with Crippen LogP contribution < -0.4 is 31.0 Å². The first-order valence-corrected chi connectivity index (χ1v) is 14.0. The molecule has 1 aromatic heterocycles. The number of alkyl halides is 2. The maximum Gasteiger partial charge on any atom is 0.387 e. The zero-order valence-electron chi connectivity index (χ0n) is 24.1. The second-order valence-electron chi connectivity index (χ2n) is 9.33. The van der Waals surface area contributed by atoms with Crippen molar-refractivity contribution >= 4 is 29.4 Å². The summed E-state index contributed by atoms with van der Waals surface area (Å²) in [6.45, 7) is -2.18. The number of amides is 2. The highest BCUT2D eigenvalue weighted by atomic mass is 32.2. The lowest BCUT2D eigenvalue weighted by atomic mass is 9.97. The number of nitrogens with two attached hydrogens (primary N) is 1. The van der Waals surface area contributed by atoms with E-state index in [9.17, 15) is 31.9 Å². The van der Waals surface area contributed by atoms with E-state index in [2.05, 4.69) is 10.1 Å². The number of ether oxygens (including phenoxy) is 3. The van der Waals surface area contributed by atoms with Crippen molar-refractivity contribution < 1.29 is 41.4 Å². The number of nitrogens with zero attached hydrogens (tertiary/aromatic N) is 2. The molecule has 2 atom stereocenters. The lowest BCUT2D eigenvalue weighted by Gasteiger charge is -2.19. The molecule has 0 saturated carbocycles. The van der Waals surface area contributed by atoms with Gasteiger partial charge in [0.2, 0.25) is 5.91 Å². The predicted octanol–water partition coefficient (Wildman–Crippen LogP) is 3.77. The van der Waals surface area contributed by atoms with Gasteiger partial charge >= 0.3 is 6.61 Å². The summed E-state index contributed by atoms with van der Waals surface area (Å²) in [6, 6.07) is 10.8. The fourth-order valence-corrected chi connectivity index (χ4v) is 5.31. The van der Waals surface area contributed by atoms with Crippen LogP contribution in [0.4, 0.5) is 23.2 Å². The van der Waals surface area contributed by atoms with Crippen LogP contribution in [0.2, 0.25) is 0 Å². The Morgan fingerprint density at radius 1 is 1.09 bits per heavy atom. The van der Waals surface area contributed by atoms with Gasteiger partial charge in [0.1, 0.15) is 28.8 Å². The standard InChI is InChI=1S/C20H23F2N3O4S.C9H9F2NO2/c1-28-11-14(9-23)30-25-5-3-4-17(20(25)27)24-10-12(6-18(24)26)19-15(21)7-13(29-2)8-16(19)22;1-12-8(13)6-2-4-7(5-3-6)14-9(10)11/h3-5,7-8,12,14H,6,9-11,23H2,1-2H3;2-5,9H,1H3,(H,12,13). The van der Waals surface area contributed by atoms with E-state index in [1.54, 1.807) is 19.4 Å². The number of carbonyl (C=O) groups excluding carboxylic acids is 2. The molecule has 2 aromatic carbocycles. The number of rotatable bonds is 11. The van der Waals surface area contributed by atoms with Gasteiger partial charge in [-0.1, -0.05) is 0 Å². The van der Waals surface area contributed by atoms with Crippen molar-refractivity contribution in [2.75, 3.05) is 45.9 Å². The zero-order valence-corrected chi connectivity index (χ0v) is 24.9. The normalized spacial score (nSPS) is 15.1. The maximum absolute atomic E-state index is 14.5. The third kappa shape index (κ3) is 8.74. The molecule has 2 heterocycles. The van der Waals surface area contributed by atoms with E-state index >= 15 is 0 Å². The minimum Gasteiger partial charge on any atom is -0.497 e. The number of hydrogen-bond acceptors (Lipinski definition) is 8. The van der Waals surface area contributed by atoms with E-state index < -0.39 is 29.7 Å². The van der Waals surface area contributed by atoms with Gasteiger partial charge in [0.25, 0.3) is 11.5 Å². The van der Waals surface area contributed by atoms with Crippen LogP contribution in [0.15, 0.2) is 59.5 Å². The van der Waals surface area contributed by atoms with Crippen LogP contribution in [0.5, 0.6) is 11.5 Å². The molecule has 2 unspecified atom stereocenters. The number of benzene rings is 2. The highest BCUT2D eigenvalue weighted by Crippen LogP contribution is 2.35. The number of aromatic nitrogens is 1. The van der Waals surface area contributed by atoms with Crippen molar-refractivity contribution in [3.63, 3.8) is 0 Å². The summed E-state index contributed by atoms with van der Waals surface area (Å²) in [6.07, 6.45) is 1.48. The van der Waals surface area contributed by atoms with E-state index in [0.29, 0.717) is 18.7 Å². The van der Waals surface area contributed by atoms with Crippen LogP contribution in [0.3, 0.4) is 0 Å². The Kier molecular flexibility index (Phi) is 12.6. The van der Waals surface area contributed by atoms with Crippen LogP contribution in [0, 0.1) is 11.6 Å². The number of nitrogens with one attached hydrogen (secondary N) is 1. The summed E-state index contributed by atoms with van der Waals surface area (Å²) < 4.78 is 67.9. The first kappa shape index (κ1) is 34.4. The van der Waals surface area contributed by atoms with Gasteiger partial charge in [0.15, 0.2) is 0 Å². The molecule has 44 heavy (non-hydrogen) atoms. The molecule has 1 aliphatic heterocycles. The molecule has 1 fully saturated rings. The summed E-state index contributed by atoms with van der Waals surface area (Å²) in [5, 5.41) is 2.27. The number of halogens is 4. The molecule has 1 aliphatic rings. The van der Waals surface area contributed by atoms with Crippen molar-refractivity contribution in [3.8, 4) is 11.5 Å². The molecule has 3 N–H and O–H groups in total. The van der Waals surface area contributed by atoms with Gasteiger partial charge in [-0.15, -0.1) is 0 Å². The summed E-state index contributed by atoms with van der Waals surface area (Å²) >= 11 is 1.20. The molecule has 15 heteroatoms. The molecular formula is C29H32F4N4O6S. The second-order valence-corrected chi connectivity index (χ2v) is 10.6. The largest absolute Gasteiger partial charge is 0.497 e. The van der Waals surface area contributed by atoms with Gasteiger partial charge in [-0.25, -0.2) is 8.78 Å². The Hall–Kier alpha value is -4.08. The Morgan fingerprint density at radius 3 is 2.30 bits per heavy atom. The molecular weight excluding hydrogens is 608 g/mol. The molecule has 0 spiro atoms. The molecule has 0 radical (unpaired) electrons. The fraction of sp³-hybridized carbons (Fsp3) is 0.345. The van der Waals surface area contributed by atoms with E-state index in [4.69, 9.17) is 15.2 Å². The van der Waals surface area contributed by atoms with Crippen molar-refractivity contribution in [2.45, 2.75) is 24.2 Å². The first-order chi connectivity index (χ1) is 21.0. The van der Waals surface area contributed by atoms with Crippen LogP contribution >= 0.6 is 11.9 Å². The van der Waals surface area contributed by atoms with Gasteiger partial charge in [-0.3, -0.25) is 18.4 Å². The molecule has 4 rings (SSSR count). The van der Waals surface area contributed by atoms with Crippen LogP contribution in [-0.2, 0) is 9.53 Å². The predicted molar refractivity (Wildman–Crippen MR) is 157 cm³/mol. The van der Waals surface area contributed by atoms with Gasteiger partial charge in [-0.05, 0) is 48.3 Å².